The van der Waals surface area contributed by atoms with Crippen molar-refractivity contribution in [3.8, 4) is 11.3 Å². The smallest absolute Gasteiger partial charge is 0.418 e. The van der Waals surface area contributed by atoms with Crippen LogP contribution >= 0.6 is 11.3 Å². The number of pyridine rings is 2. The zero-order valence-corrected chi connectivity index (χ0v) is 15.2. The monoisotopic (exact) mass is 438 g/mol. The molecule has 4 rings (SSSR count). The van der Waals surface area contributed by atoms with Gasteiger partial charge in [-0.2, -0.15) is 15.7 Å². The van der Waals surface area contributed by atoms with E-state index in [2.05, 4.69) is 80.6 Å². The molecule has 13 heteroatoms. The molecule has 0 saturated heterocycles. The van der Waals surface area contributed by atoms with E-state index in [-0.39, 0.29) is 0 Å². The minimum absolute atomic E-state index is 1.21. The van der Waals surface area contributed by atoms with E-state index in [0.29, 0.717) is 0 Å². The Morgan fingerprint density at radius 1 is 0.690 bits per heavy atom. The first kappa shape index (κ1) is 22.6. The van der Waals surface area contributed by atoms with Crippen LogP contribution in [0.1, 0.15) is 0 Å². The molecule has 4 heterocycles. The highest BCUT2D eigenvalue weighted by Gasteiger charge is 2.22. The molecule has 4 aromatic heterocycles. The molecule has 29 heavy (non-hydrogen) atoms. The van der Waals surface area contributed by atoms with E-state index in [1.54, 1.807) is 11.3 Å². The van der Waals surface area contributed by atoms with Crippen molar-refractivity contribution < 1.29 is 43.3 Å². The number of rotatable bonds is 1. The number of fused-ring (bicyclic) bond motifs is 3. The van der Waals surface area contributed by atoms with E-state index < -0.39 is 14.5 Å². The van der Waals surface area contributed by atoms with Crippen LogP contribution in [0.5, 0.6) is 0 Å². The molecule has 2 nitrogen and oxygen atoms in total. The molecule has 0 aromatic carbocycles. The zero-order valence-electron chi connectivity index (χ0n) is 14.4. The topological polar surface area (TPSA) is 8.20 Å². The molecule has 4 aromatic rings. The Balaban J connectivity index is 0.000000253. The standard InChI is InChI=1S/C16H12N2S.2BF4/c1-3-8-17-11-16(13-7-10-19-12-13)18-9-4-2-6-15(18)14(17)5-1;2*2-1(3,4)5/h1-12H;;/q+2;2*-1. The summed E-state index contributed by atoms with van der Waals surface area (Å²) in [5.74, 6) is 0. The molecule has 0 bridgehead atoms. The maximum Gasteiger partial charge on any atom is 0.673 e. The number of nitrogens with zero attached hydrogens (tertiary/aromatic N) is 2. The summed E-state index contributed by atoms with van der Waals surface area (Å²) in [7, 11) is -12.0. The molecule has 0 amide bonds. The van der Waals surface area contributed by atoms with Crippen molar-refractivity contribution in [2.45, 2.75) is 0 Å². The number of hydrogen-bond donors (Lipinski definition) is 0. The van der Waals surface area contributed by atoms with Crippen LogP contribution in [0.3, 0.4) is 0 Å². The fourth-order valence-electron chi connectivity index (χ4n) is 2.47. The van der Waals surface area contributed by atoms with Crippen molar-refractivity contribution in [2.75, 3.05) is 0 Å². The lowest BCUT2D eigenvalue weighted by Crippen LogP contribution is -2.33. The lowest BCUT2D eigenvalue weighted by Gasteiger charge is -1.97. The van der Waals surface area contributed by atoms with Crippen LogP contribution in [0.4, 0.5) is 34.5 Å². The van der Waals surface area contributed by atoms with E-state index >= 15 is 0 Å². The maximum absolute atomic E-state index is 9.75. The first-order valence-corrected chi connectivity index (χ1v) is 8.88. The fourth-order valence-corrected chi connectivity index (χ4v) is 3.12. The summed E-state index contributed by atoms with van der Waals surface area (Å²) in [4.78, 5) is 0. The highest BCUT2D eigenvalue weighted by atomic mass is 32.1. The lowest BCUT2D eigenvalue weighted by molar-refractivity contribution is -0.556. The van der Waals surface area contributed by atoms with Crippen LogP contribution in [0.2, 0.25) is 0 Å². The quantitative estimate of drug-likeness (QED) is 0.161. The first-order chi connectivity index (χ1) is 13.4. The van der Waals surface area contributed by atoms with Crippen molar-refractivity contribution in [3.05, 3.63) is 71.8 Å². The van der Waals surface area contributed by atoms with Gasteiger partial charge in [-0.05, 0) is 23.6 Å². The minimum Gasteiger partial charge on any atom is -0.418 e. The molecule has 0 unspecified atom stereocenters. The van der Waals surface area contributed by atoms with Gasteiger partial charge in [-0.15, -0.1) is 4.40 Å². The van der Waals surface area contributed by atoms with Crippen LogP contribution in [0.25, 0.3) is 22.3 Å². The molecule has 0 aliphatic heterocycles. The fraction of sp³-hybridized carbons (Fsp3) is 0. The van der Waals surface area contributed by atoms with Gasteiger partial charge >= 0.3 is 14.5 Å². The molecular formula is C16H12B2F8N2S. The van der Waals surface area contributed by atoms with Crippen molar-refractivity contribution >= 4 is 36.9 Å². The zero-order chi connectivity index (χ0) is 21.7. The molecule has 0 aliphatic carbocycles. The van der Waals surface area contributed by atoms with Gasteiger partial charge in [-0.1, -0.05) is 0 Å². The molecule has 0 spiro atoms. The van der Waals surface area contributed by atoms with Crippen LogP contribution in [-0.2, 0) is 0 Å². The van der Waals surface area contributed by atoms with Crippen LogP contribution in [0.15, 0.2) is 71.8 Å². The second kappa shape index (κ2) is 9.21. The molecule has 0 saturated carbocycles. The minimum atomic E-state index is -6.00. The summed E-state index contributed by atoms with van der Waals surface area (Å²) in [5, 5.41) is 4.30. The highest BCUT2D eigenvalue weighted by molar-refractivity contribution is 7.08. The van der Waals surface area contributed by atoms with Gasteiger partial charge in [0.15, 0.2) is 12.4 Å². The third-order valence-electron chi connectivity index (χ3n) is 3.35. The van der Waals surface area contributed by atoms with Gasteiger partial charge in [0, 0.05) is 29.6 Å². The van der Waals surface area contributed by atoms with E-state index in [1.807, 2.05) is 0 Å². The summed E-state index contributed by atoms with van der Waals surface area (Å²) in [6.07, 6.45) is 6.40. The van der Waals surface area contributed by atoms with Gasteiger partial charge in [-0.25, -0.2) is 0 Å². The van der Waals surface area contributed by atoms with Crippen molar-refractivity contribution in [2.24, 2.45) is 0 Å². The Morgan fingerprint density at radius 3 is 1.79 bits per heavy atom. The normalized spacial score (nSPS) is 11.4. The van der Waals surface area contributed by atoms with E-state index in [4.69, 9.17) is 0 Å². The van der Waals surface area contributed by atoms with Crippen LogP contribution in [-0.4, -0.2) is 14.5 Å². The molecule has 154 valence electrons. The lowest BCUT2D eigenvalue weighted by atomic mass is 10.2. The average molecular weight is 438 g/mol. The number of hydrogen-bond acceptors (Lipinski definition) is 1. The summed E-state index contributed by atoms with van der Waals surface area (Å²) in [6.45, 7) is 0. The Bertz CT molecular complexity index is 1040. The van der Waals surface area contributed by atoms with Crippen LogP contribution in [0, 0.1) is 0 Å². The predicted molar refractivity (Wildman–Crippen MR) is 96.4 cm³/mol. The van der Waals surface area contributed by atoms with Gasteiger partial charge in [0.05, 0.1) is 5.56 Å². The maximum atomic E-state index is 9.75. The summed E-state index contributed by atoms with van der Waals surface area (Å²) in [6, 6.07) is 14.8. The number of halogens is 8. The second-order valence-electron chi connectivity index (χ2n) is 5.47. The van der Waals surface area contributed by atoms with Crippen molar-refractivity contribution in [3.63, 3.8) is 0 Å². The molecule has 0 fully saturated rings. The van der Waals surface area contributed by atoms with E-state index in [1.165, 1.54) is 22.3 Å². The van der Waals surface area contributed by atoms with Gasteiger partial charge < -0.3 is 34.5 Å². The molecule has 0 aliphatic rings. The van der Waals surface area contributed by atoms with Crippen molar-refractivity contribution in [1.29, 1.82) is 0 Å². The van der Waals surface area contributed by atoms with Gasteiger partial charge in [-0.3, -0.25) is 0 Å². The van der Waals surface area contributed by atoms with Gasteiger partial charge in [0.25, 0.3) is 16.7 Å². The Morgan fingerprint density at radius 2 is 1.24 bits per heavy atom. The Labute approximate surface area is 163 Å². The summed E-state index contributed by atoms with van der Waals surface area (Å²) in [5.41, 5.74) is 4.89. The molecule has 0 radical (unpaired) electrons. The largest absolute Gasteiger partial charge is 0.673 e. The third kappa shape index (κ3) is 7.68. The van der Waals surface area contributed by atoms with E-state index in [9.17, 15) is 34.5 Å². The SMILES string of the molecule is F[B-](F)(F)F.F[B-](F)(F)F.c1cc[n+]2cc(-c3ccsc3)[n+]3ccccc3c2c1. The highest BCUT2D eigenvalue weighted by Crippen LogP contribution is 2.19. The first-order valence-electron chi connectivity index (χ1n) is 7.94. The van der Waals surface area contributed by atoms with Crippen molar-refractivity contribution in [1.82, 2.24) is 0 Å². The predicted octanol–water partition coefficient (Wildman–Crippen LogP) is 5.49. The molecular weight excluding hydrogens is 426 g/mol. The van der Waals surface area contributed by atoms with Crippen LogP contribution < -0.4 is 8.80 Å². The average Bonchev–Trinajstić information content (AvgIpc) is 3.12. The summed E-state index contributed by atoms with van der Waals surface area (Å²) < 4.78 is 82.4. The Kier molecular flexibility index (Phi) is 7.17. The number of aromatic nitrogens is 2. The van der Waals surface area contributed by atoms with Gasteiger partial charge in [0.1, 0.15) is 0 Å². The molecule has 0 N–H and O–H groups in total. The molecule has 0 atom stereocenters. The second-order valence-corrected chi connectivity index (χ2v) is 6.25. The number of thiophene rings is 1. The summed E-state index contributed by atoms with van der Waals surface area (Å²) >= 11 is 1.73. The van der Waals surface area contributed by atoms with Gasteiger partial charge in [0.2, 0.25) is 6.20 Å². The van der Waals surface area contributed by atoms with E-state index in [0.717, 1.165) is 0 Å². The Hall–Kier alpha value is -2.69. The third-order valence-corrected chi connectivity index (χ3v) is 4.03.